The van der Waals surface area contributed by atoms with Gasteiger partial charge in [-0.25, -0.2) is 9.97 Å². The summed E-state index contributed by atoms with van der Waals surface area (Å²) in [6, 6.07) is 34.4. The fourth-order valence-electron chi connectivity index (χ4n) is 6.66. The molecule has 6 aromatic rings. The number of rotatable bonds is 4. The Bertz CT molecular complexity index is 2160. The minimum atomic E-state index is -0.0311. The van der Waals surface area contributed by atoms with E-state index < -0.39 is 0 Å². The van der Waals surface area contributed by atoms with Crippen LogP contribution in [0.4, 0.5) is 0 Å². The van der Waals surface area contributed by atoms with E-state index in [1.165, 1.54) is 27.8 Å². The van der Waals surface area contributed by atoms with Gasteiger partial charge in [-0.05, 0) is 64.6 Å². The molecule has 0 bridgehead atoms. The number of nitrogens with zero attached hydrogens (tertiary/aromatic N) is 4. The summed E-state index contributed by atoms with van der Waals surface area (Å²) in [5, 5.41) is 0. The fourth-order valence-corrected chi connectivity index (χ4v) is 6.66. The van der Waals surface area contributed by atoms with E-state index in [9.17, 15) is 0 Å². The highest BCUT2D eigenvalue weighted by Crippen LogP contribution is 2.48. The molecule has 0 N–H and O–H groups in total. The van der Waals surface area contributed by atoms with E-state index in [4.69, 9.17) is 9.97 Å². The van der Waals surface area contributed by atoms with Crippen LogP contribution in [0.2, 0.25) is 0 Å². The van der Waals surface area contributed by atoms with Gasteiger partial charge in [-0.15, -0.1) is 0 Å². The molecule has 1 atom stereocenters. The minimum absolute atomic E-state index is 0.0311. The first kappa shape index (κ1) is 25.5. The van der Waals surface area contributed by atoms with Gasteiger partial charge in [0.05, 0.1) is 22.1 Å². The van der Waals surface area contributed by atoms with E-state index in [-0.39, 0.29) is 5.41 Å². The molecule has 2 aliphatic rings. The zero-order valence-corrected chi connectivity index (χ0v) is 24.6. The van der Waals surface area contributed by atoms with E-state index in [1.807, 2.05) is 12.1 Å². The van der Waals surface area contributed by atoms with Crippen LogP contribution in [-0.4, -0.2) is 19.1 Å². The smallest absolute Gasteiger partial charge is 0.140 e. The van der Waals surface area contributed by atoms with Gasteiger partial charge in [0.1, 0.15) is 11.6 Å². The van der Waals surface area contributed by atoms with Crippen LogP contribution in [0, 0.1) is 5.41 Å². The average Bonchev–Trinajstić information content (AvgIpc) is 3.57. The number of hydrogen-bond acceptors (Lipinski definition) is 2. The molecule has 4 aromatic carbocycles. The lowest BCUT2D eigenvalue weighted by Crippen LogP contribution is -2.20. The molecular weight excluding hydrogens is 524 g/mol. The zero-order chi connectivity index (χ0) is 29.1. The van der Waals surface area contributed by atoms with E-state index in [2.05, 4.69) is 145 Å². The van der Waals surface area contributed by atoms with Gasteiger partial charge in [0, 0.05) is 30.6 Å². The number of benzene rings is 4. The minimum Gasteiger partial charge on any atom is -0.327 e. The molecule has 0 saturated carbocycles. The van der Waals surface area contributed by atoms with E-state index in [0.717, 1.165) is 51.3 Å². The molecule has 2 aliphatic carbocycles. The molecule has 43 heavy (non-hydrogen) atoms. The highest BCUT2D eigenvalue weighted by Gasteiger charge is 2.32. The van der Waals surface area contributed by atoms with Crippen molar-refractivity contribution in [1.29, 1.82) is 0 Å². The predicted octanol–water partition coefficient (Wildman–Crippen LogP) is 9.17. The SMILES string of the molecule is Cn1c(-c2ccc(C3=CC4=CC=CCC4(C)C=C3c3ccc(-c4nc5ccccc5n4C)cc3)cc2)nc2ccccc21. The zero-order valence-electron chi connectivity index (χ0n) is 24.6. The van der Waals surface area contributed by atoms with Crippen molar-refractivity contribution in [1.82, 2.24) is 19.1 Å². The molecule has 208 valence electrons. The lowest BCUT2D eigenvalue weighted by Gasteiger charge is -2.35. The standard InChI is InChI=1S/C39H32N4/c1-39-23-9-8-10-30(39)24-31(26-15-19-28(20-16-26)37-40-33-11-4-6-13-35(33)42(37)2)32(25-39)27-17-21-29(22-18-27)38-41-34-12-5-7-14-36(34)43(38)3/h4-22,24-25H,23H2,1-3H3. The van der Waals surface area contributed by atoms with Crippen LogP contribution in [0.1, 0.15) is 24.5 Å². The van der Waals surface area contributed by atoms with Crippen molar-refractivity contribution in [2.45, 2.75) is 13.3 Å². The maximum Gasteiger partial charge on any atom is 0.140 e. The second-order valence-corrected chi connectivity index (χ2v) is 11.9. The Labute approximate surface area is 251 Å². The topological polar surface area (TPSA) is 35.6 Å². The molecule has 0 fully saturated rings. The second-order valence-electron chi connectivity index (χ2n) is 11.9. The first-order chi connectivity index (χ1) is 21.0. The van der Waals surface area contributed by atoms with Crippen LogP contribution in [0.25, 0.3) is 56.0 Å². The summed E-state index contributed by atoms with van der Waals surface area (Å²) in [4.78, 5) is 9.84. The Balaban J connectivity index is 1.19. The molecule has 0 spiro atoms. The lowest BCUT2D eigenvalue weighted by atomic mass is 9.69. The Morgan fingerprint density at radius 3 is 1.63 bits per heavy atom. The van der Waals surface area contributed by atoms with Crippen LogP contribution in [0.15, 0.2) is 133 Å². The molecule has 4 heteroatoms. The molecule has 2 heterocycles. The molecule has 0 aliphatic heterocycles. The number of imidazole rings is 2. The van der Waals surface area contributed by atoms with Crippen molar-refractivity contribution in [3.05, 3.63) is 144 Å². The Morgan fingerprint density at radius 1 is 0.605 bits per heavy atom. The molecule has 4 nitrogen and oxygen atoms in total. The van der Waals surface area contributed by atoms with Gasteiger partial charge in [0.2, 0.25) is 0 Å². The highest BCUT2D eigenvalue weighted by atomic mass is 15.1. The van der Waals surface area contributed by atoms with Crippen molar-refractivity contribution in [2.24, 2.45) is 19.5 Å². The summed E-state index contributed by atoms with van der Waals surface area (Å²) < 4.78 is 4.35. The van der Waals surface area contributed by atoms with Crippen molar-refractivity contribution in [2.75, 3.05) is 0 Å². The molecule has 0 radical (unpaired) electrons. The monoisotopic (exact) mass is 556 g/mol. The van der Waals surface area contributed by atoms with Gasteiger partial charge in [0.25, 0.3) is 0 Å². The van der Waals surface area contributed by atoms with Gasteiger partial charge in [0.15, 0.2) is 0 Å². The summed E-state index contributed by atoms with van der Waals surface area (Å²) in [6.07, 6.45) is 12.6. The van der Waals surface area contributed by atoms with E-state index >= 15 is 0 Å². The average molecular weight is 557 g/mol. The van der Waals surface area contributed by atoms with Crippen molar-refractivity contribution < 1.29 is 0 Å². The lowest BCUT2D eigenvalue weighted by molar-refractivity contribution is 0.529. The number of aryl methyl sites for hydroxylation is 2. The van der Waals surface area contributed by atoms with Gasteiger partial charge < -0.3 is 9.13 Å². The number of allylic oxidation sites excluding steroid dienone is 8. The Kier molecular flexibility index (Phi) is 5.73. The number of fused-ring (bicyclic) bond motifs is 3. The normalized spacial score (nSPS) is 18.0. The number of aromatic nitrogens is 4. The summed E-state index contributed by atoms with van der Waals surface area (Å²) in [5.41, 5.74) is 12.8. The van der Waals surface area contributed by atoms with E-state index in [1.54, 1.807) is 0 Å². The maximum atomic E-state index is 4.92. The van der Waals surface area contributed by atoms with Crippen LogP contribution in [-0.2, 0) is 14.1 Å². The van der Waals surface area contributed by atoms with Crippen LogP contribution in [0.3, 0.4) is 0 Å². The van der Waals surface area contributed by atoms with Gasteiger partial charge in [-0.3, -0.25) is 0 Å². The quantitative estimate of drug-likeness (QED) is 0.217. The summed E-state index contributed by atoms with van der Waals surface area (Å²) in [5.74, 6) is 1.96. The van der Waals surface area contributed by atoms with Gasteiger partial charge in [-0.2, -0.15) is 0 Å². The van der Waals surface area contributed by atoms with Gasteiger partial charge >= 0.3 is 0 Å². The molecule has 1 unspecified atom stereocenters. The first-order valence-corrected chi connectivity index (χ1v) is 14.9. The maximum absolute atomic E-state index is 4.92. The summed E-state index contributed by atoms with van der Waals surface area (Å²) in [6.45, 7) is 2.35. The summed E-state index contributed by atoms with van der Waals surface area (Å²) >= 11 is 0. The molecule has 2 aromatic heterocycles. The van der Waals surface area contributed by atoms with E-state index in [0.29, 0.717) is 0 Å². The molecular formula is C39H32N4. The second kappa shape index (κ2) is 9.67. The largest absolute Gasteiger partial charge is 0.327 e. The first-order valence-electron chi connectivity index (χ1n) is 14.9. The third-order valence-electron chi connectivity index (χ3n) is 9.15. The number of para-hydroxylation sites is 4. The predicted molar refractivity (Wildman–Crippen MR) is 178 cm³/mol. The molecule has 8 rings (SSSR count). The number of hydrogen-bond donors (Lipinski definition) is 0. The fraction of sp³-hybridized carbons (Fsp3) is 0.128. The molecule has 0 amide bonds. The highest BCUT2D eigenvalue weighted by molar-refractivity contribution is 6.07. The molecule has 0 saturated heterocycles. The van der Waals surface area contributed by atoms with Crippen molar-refractivity contribution >= 4 is 33.2 Å². The van der Waals surface area contributed by atoms with Crippen LogP contribution in [0.5, 0.6) is 0 Å². The van der Waals surface area contributed by atoms with Gasteiger partial charge in [-0.1, -0.05) is 104 Å². The van der Waals surface area contributed by atoms with Crippen LogP contribution < -0.4 is 0 Å². The van der Waals surface area contributed by atoms with Crippen molar-refractivity contribution in [3.63, 3.8) is 0 Å². The van der Waals surface area contributed by atoms with Crippen LogP contribution >= 0.6 is 0 Å². The van der Waals surface area contributed by atoms with Crippen molar-refractivity contribution in [3.8, 4) is 22.8 Å². The Hall–Kier alpha value is -5.22. The third-order valence-corrected chi connectivity index (χ3v) is 9.15. The third kappa shape index (κ3) is 4.13. The summed E-state index contributed by atoms with van der Waals surface area (Å²) in [7, 11) is 4.18. The Morgan fingerprint density at radius 2 is 1.09 bits per heavy atom.